The Bertz CT molecular complexity index is 3740. The van der Waals surface area contributed by atoms with Gasteiger partial charge in [-0.3, -0.25) is 13.7 Å². The van der Waals surface area contributed by atoms with Crippen molar-refractivity contribution in [3.63, 3.8) is 0 Å². The molecular weight excluding hydrogens is 877 g/mol. The Morgan fingerprint density at radius 1 is 0.514 bits per heavy atom. The second kappa shape index (κ2) is 18.6. The number of ether oxygens (including phenoxy) is 1. The molecule has 0 atom stereocenters. The van der Waals surface area contributed by atoms with E-state index in [0.717, 1.165) is 96.8 Å². The zero-order valence-electron chi connectivity index (χ0n) is 42.7. The summed E-state index contributed by atoms with van der Waals surface area (Å²) in [5, 5.41) is 2.34. The van der Waals surface area contributed by atoms with Gasteiger partial charge < -0.3 is 4.74 Å². The maximum absolute atomic E-state index is 6.88. The first-order valence-corrected chi connectivity index (χ1v) is 25.5. The molecule has 0 saturated carbocycles. The Labute approximate surface area is 424 Å². The van der Waals surface area contributed by atoms with Gasteiger partial charge in [0.15, 0.2) is 0 Å². The molecule has 8 aromatic carbocycles. The fourth-order valence-corrected chi connectivity index (χ4v) is 10.4. The Kier molecular flexibility index (Phi) is 12.0. The average Bonchev–Trinajstić information content (AvgIpc) is 3.94. The third-order valence-electron chi connectivity index (χ3n) is 14.5. The molecule has 0 N–H and O–H groups in total. The van der Waals surface area contributed by atoms with Gasteiger partial charge in [-0.1, -0.05) is 189 Å². The van der Waals surface area contributed by atoms with Crippen LogP contribution in [0.1, 0.15) is 90.8 Å². The lowest BCUT2D eigenvalue weighted by molar-refractivity contribution is -0.571. The van der Waals surface area contributed by atoms with Gasteiger partial charge in [-0.2, -0.15) is 0 Å². The lowest BCUT2D eigenvalue weighted by Crippen LogP contribution is -2.31. The van der Waals surface area contributed by atoms with Crippen LogP contribution in [-0.4, -0.2) is 14.1 Å². The predicted octanol–water partition coefficient (Wildman–Crippen LogP) is 17.5. The summed E-state index contributed by atoms with van der Waals surface area (Å²) in [5.74, 6) is 2.87. The molecule has 11 aromatic rings. The SMILES string of the molecule is CCC(CC)c1ccnc(-n2c3ccccc3c3ccc(Oc4cccc(-n5[c-][n+](-c6c(-c7ccccc7)cccc6-c6cc(C(C)(C)C)cc(C(C)(C)C)c6)c6cc(-c7ccccc7)ccc65)c4)cc32)c1. The molecule has 3 heterocycles. The number of fused-ring (bicyclic) bond motifs is 4. The van der Waals surface area contributed by atoms with Crippen molar-refractivity contribution in [1.82, 2.24) is 14.1 Å². The third-order valence-corrected chi connectivity index (χ3v) is 14.5. The summed E-state index contributed by atoms with van der Waals surface area (Å²) in [7, 11) is 0. The molecule has 0 bridgehead atoms. The van der Waals surface area contributed by atoms with Crippen LogP contribution < -0.4 is 9.30 Å². The smallest absolute Gasteiger partial charge is 0.269 e. The van der Waals surface area contributed by atoms with E-state index in [9.17, 15) is 0 Å². The zero-order chi connectivity index (χ0) is 49.7. The number of para-hydroxylation sites is 2. The molecule has 5 heteroatoms. The summed E-state index contributed by atoms with van der Waals surface area (Å²) in [5.41, 5.74) is 16.9. The summed E-state index contributed by atoms with van der Waals surface area (Å²) >= 11 is 0. The number of pyridine rings is 1. The summed E-state index contributed by atoms with van der Waals surface area (Å²) < 4.78 is 13.6. The van der Waals surface area contributed by atoms with Crippen molar-refractivity contribution in [2.45, 2.75) is 85.0 Å². The van der Waals surface area contributed by atoms with Crippen LogP contribution in [0, 0.1) is 6.33 Å². The maximum atomic E-state index is 6.88. The monoisotopic (exact) mass is 938 g/mol. The van der Waals surface area contributed by atoms with Crippen molar-refractivity contribution < 1.29 is 9.30 Å². The van der Waals surface area contributed by atoms with Crippen LogP contribution in [0.3, 0.4) is 0 Å². The van der Waals surface area contributed by atoms with E-state index in [2.05, 4.69) is 263 Å². The fraction of sp³-hybridized carbons (Fsp3) is 0.194. The lowest BCUT2D eigenvalue weighted by Gasteiger charge is -2.27. The number of hydrogen-bond acceptors (Lipinski definition) is 2. The fourth-order valence-electron chi connectivity index (χ4n) is 10.4. The maximum Gasteiger partial charge on any atom is 0.269 e. The summed E-state index contributed by atoms with van der Waals surface area (Å²) in [6.07, 6.45) is 8.08. The predicted molar refractivity (Wildman–Crippen MR) is 299 cm³/mol. The van der Waals surface area contributed by atoms with Gasteiger partial charge in [0.1, 0.15) is 17.3 Å². The quantitative estimate of drug-likeness (QED) is 0.0957. The first kappa shape index (κ1) is 46.4. The number of nitrogens with zero attached hydrogens (tertiary/aromatic N) is 4. The van der Waals surface area contributed by atoms with Crippen LogP contribution in [0.4, 0.5) is 0 Å². The zero-order valence-corrected chi connectivity index (χ0v) is 42.7. The molecule has 356 valence electrons. The van der Waals surface area contributed by atoms with Crippen molar-refractivity contribution in [2.24, 2.45) is 0 Å². The summed E-state index contributed by atoms with van der Waals surface area (Å²) in [6.45, 7) is 18.4. The minimum absolute atomic E-state index is 0.0554. The Morgan fingerprint density at radius 2 is 1.15 bits per heavy atom. The molecule has 0 amide bonds. The van der Waals surface area contributed by atoms with Crippen LogP contribution >= 0.6 is 0 Å². The van der Waals surface area contributed by atoms with E-state index in [1.54, 1.807) is 0 Å². The molecule has 5 nitrogen and oxygen atoms in total. The molecule has 0 unspecified atom stereocenters. The van der Waals surface area contributed by atoms with Gasteiger partial charge >= 0.3 is 0 Å². The molecule has 11 rings (SSSR count). The second-order valence-corrected chi connectivity index (χ2v) is 21.3. The Hall–Kier alpha value is -8.02. The molecular formula is C67H62N4O. The largest absolute Gasteiger partial charge is 0.458 e. The highest BCUT2D eigenvalue weighted by molar-refractivity contribution is 6.09. The molecule has 0 saturated heterocycles. The average molecular weight is 939 g/mol. The molecule has 0 radical (unpaired) electrons. The van der Waals surface area contributed by atoms with Crippen molar-refractivity contribution >= 4 is 32.8 Å². The highest BCUT2D eigenvalue weighted by Gasteiger charge is 2.25. The van der Waals surface area contributed by atoms with Crippen LogP contribution in [0.25, 0.3) is 83.4 Å². The van der Waals surface area contributed by atoms with Crippen molar-refractivity contribution in [3.05, 3.63) is 223 Å². The van der Waals surface area contributed by atoms with Gasteiger partial charge in [-0.15, -0.1) is 0 Å². The molecule has 0 aliphatic rings. The topological polar surface area (TPSA) is 35.9 Å². The normalized spacial score (nSPS) is 12.1. The van der Waals surface area contributed by atoms with Crippen molar-refractivity contribution in [3.8, 4) is 62.1 Å². The van der Waals surface area contributed by atoms with E-state index in [0.29, 0.717) is 5.92 Å². The van der Waals surface area contributed by atoms with Crippen molar-refractivity contribution in [2.75, 3.05) is 0 Å². The van der Waals surface area contributed by atoms with Gasteiger partial charge in [0.25, 0.3) is 6.33 Å². The molecule has 0 aliphatic carbocycles. The second-order valence-electron chi connectivity index (χ2n) is 21.3. The lowest BCUT2D eigenvalue weighted by atomic mass is 9.78. The third kappa shape index (κ3) is 8.68. The van der Waals surface area contributed by atoms with Crippen LogP contribution in [0.2, 0.25) is 0 Å². The molecule has 0 fully saturated rings. The van der Waals surface area contributed by atoms with Crippen LogP contribution in [-0.2, 0) is 10.8 Å². The number of hydrogen-bond donors (Lipinski definition) is 0. The highest BCUT2D eigenvalue weighted by atomic mass is 16.5. The van der Waals surface area contributed by atoms with Gasteiger partial charge in [-0.25, -0.2) is 4.98 Å². The minimum Gasteiger partial charge on any atom is -0.458 e. The molecule has 0 aliphatic heterocycles. The van der Waals surface area contributed by atoms with E-state index >= 15 is 0 Å². The minimum atomic E-state index is -0.0554. The highest BCUT2D eigenvalue weighted by Crippen LogP contribution is 2.41. The van der Waals surface area contributed by atoms with E-state index in [-0.39, 0.29) is 10.8 Å². The number of aromatic nitrogens is 4. The number of benzene rings is 8. The van der Waals surface area contributed by atoms with Gasteiger partial charge in [0.2, 0.25) is 0 Å². The van der Waals surface area contributed by atoms with Gasteiger partial charge in [0.05, 0.1) is 33.4 Å². The van der Waals surface area contributed by atoms with Gasteiger partial charge in [0, 0.05) is 23.0 Å². The molecule has 0 spiro atoms. The molecule has 72 heavy (non-hydrogen) atoms. The number of rotatable bonds is 11. The van der Waals surface area contributed by atoms with E-state index < -0.39 is 0 Å². The van der Waals surface area contributed by atoms with Gasteiger partial charge in [-0.05, 0) is 134 Å². The van der Waals surface area contributed by atoms with Crippen LogP contribution in [0.15, 0.2) is 200 Å². The first-order chi connectivity index (χ1) is 34.9. The number of imidazole rings is 1. The molecule has 3 aromatic heterocycles. The Balaban J connectivity index is 1.08. The summed E-state index contributed by atoms with van der Waals surface area (Å²) in [4.78, 5) is 4.95. The van der Waals surface area contributed by atoms with E-state index in [4.69, 9.17) is 9.72 Å². The van der Waals surface area contributed by atoms with E-state index in [1.807, 2.05) is 12.3 Å². The first-order valence-electron chi connectivity index (χ1n) is 25.5. The van der Waals surface area contributed by atoms with E-state index in [1.165, 1.54) is 27.6 Å². The van der Waals surface area contributed by atoms with Crippen LogP contribution in [0.5, 0.6) is 11.5 Å². The Morgan fingerprint density at radius 3 is 1.86 bits per heavy atom. The van der Waals surface area contributed by atoms with Crippen molar-refractivity contribution in [1.29, 1.82) is 0 Å². The standard InChI is InChI=1S/C67H62N4O/c1-9-45(10-2)49-35-36-68-64(40-49)71-60-30-18-17-27-58(60)59-33-32-55(43-62(59)71)72-54-26-19-25-53(42-54)69-44-70(63-39-48(31-34-61(63)69)46-21-13-11-14-22-46)65-56(47-23-15-12-16-24-47)28-20-29-57(65)50-37-51(66(3,4)5)41-52(38-50)67(6,7)8/h11-43,45H,9-10H2,1-8H3. The summed E-state index contributed by atoms with van der Waals surface area (Å²) in [6, 6.07) is 70.0.